The van der Waals surface area contributed by atoms with Crippen molar-refractivity contribution in [2.45, 2.75) is 6.04 Å². The van der Waals surface area contributed by atoms with Crippen molar-refractivity contribution < 1.29 is 4.79 Å². The van der Waals surface area contributed by atoms with E-state index in [0.717, 1.165) is 23.1 Å². The molecule has 0 saturated carbocycles. The number of hydrogen-bond donors (Lipinski definition) is 1. The molecule has 1 unspecified atom stereocenters. The van der Waals surface area contributed by atoms with Crippen molar-refractivity contribution >= 4 is 21.8 Å². The molecule has 1 amide bonds. The summed E-state index contributed by atoms with van der Waals surface area (Å²) in [5.41, 5.74) is 6.46. The number of amides is 1. The molecule has 0 bridgehead atoms. The molecule has 98 valence electrons. The number of likely N-dealkylation sites (N-methyl/N-ethyl adjacent to an activating group) is 1. The summed E-state index contributed by atoms with van der Waals surface area (Å²) in [7, 11) is 2.05. The summed E-state index contributed by atoms with van der Waals surface area (Å²) >= 11 is 3.37. The molecule has 1 aromatic rings. The van der Waals surface area contributed by atoms with Crippen LogP contribution in [0.2, 0.25) is 0 Å². The minimum atomic E-state index is 0.0917. The lowest BCUT2D eigenvalue weighted by Gasteiger charge is -2.38. The van der Waals surface area contributed by atoms with Gasteiger partial charge >= 0.3 is 0 Å². The van der Waals surface area contributed by atoms with E-state index < -0.39 is 0 Å². The Hall–Kier alpha value is -0.910. The van der Waals surface area contributed by atoms with E-state index in [0.29, 0.717) is 13.1 Å². The first-order valence-corrected chi connectivity index (χ1v) is 6.86. The third-order valence-corrected chi connectivity index (χ3v) is 3.96. The van der Waals surface area contributed by atoms with E-state index in [1.165, 1.54) is 0 Å². The van der Waals surface area contributed by atoms with Crippen LogP contribution in [0.25, 0.3) is 0 Å². The topological polar surface area (TPSA) is 49.6 Å². The Kier molecular flexibility index (Phi) is 4.37. The highest BCUT2D eigenvalue weighted by Crippen LogP contribution is 2.14. The van der Waals surface area contributed by atoms with Gasteiger partial charge in [-0.25, -0.2) is 0 Å². The van der Waals surface area contributed by atoms with Gasteiger partial charge in [0, 0.05) is 42.3 Å². The van der Waals surface area contributed by atoms with E-state index in [9.17, 15) is 4.79 Å². The van der Waals surface area contributed by atoms with Gasteiger partial charge < -0.3 is 10.6 Å². The van der Waals surface area contributed by atoms with Crippen molar-refractivity contribution in [2.24, 2.45) is 5.73 Å². The second kappa shape index (κ2) is 5.82. The maximum Gasteiger partial charge on any atom is 0.253 e. The number of piperazine rings is 1. The Labute approximate surface area is 116 Å². The van der Waals surface area contributed by atoms with E-state index in [-0.39, 0.29) is 11.9 Å². The maximum absolute atomic E-state index is 12.3. The summed E-state index contributed by atoms with van der Waals surface area (Å²) in [6.45, 7) is 2.94. The van der Waals surface area contributed by atoms with Crippen LogP contribution in [0.5, 0.6) is 0 Å². The fourth-order valence-electron chi connectivity index (χ4n) is 2.16. The van der Waals surface area contributed by atoms with Crippen LogP contribution in [0.3, 0.4) is 0 Å². The van der Waals surface area contributed by atoms with Gasteiger partial charge in [-0.15, -0.1) is 0 Å². The molecule has 0 radical (unpaired) electrons. The van der Waals surface area contributed by atoms with Crippen LogP contribution in [-0.2, 0) is 0 Å². The monoisotopic (exact) mass is 311 g/mol. The van der Waals surface area contributed by atoms with Gasteiger partial charge in [0.25, 0.3) is 5.91 Å². The molecule has 18 heavy (non-hydrogen) atoms. The summed E-state index contributed by atoms with van der Waals surface area (Å²) in [5, 5.41) is 0. The van der Waals surface area contributed by atoms with E-state index in [4.69, 9.17) is 5.73 Å². The molecule has 5 heteroatoms. The Morgan fingerprint density at radius 3 is 2.67 bits per heavy atom. The summed E-state index contributed by atoms with van der Waals surface area (Å²) in [4.78, 5) is 16.4. The molecule has 1 aliphatic heterocycles. The molecule has 4 nitrogen and oxygen atoms in total. The third kappa shape index (κ3) is 2.91. The van der Waals surface area contributed by atoms with Gasteiger partial charge in [-0.05, 0) is 31.3 Å². The lowest BCUT2D eigenvalue weighted by molar-refractivity contribution is 0.0560. The zero-order valence-electron chi connectivity index (χ0n) is 10.5. The van der Waals surface area contributed by atoms with Gasteiger partial charge in [-0.2, -0.15) is 0 Å². The number of rotatable bonds is 2. The number of nitrogens with zero attached hydrogens (tertiary/aromatic N) is 2. The van der Waals surface area contributed by atoms with E-state index >= 15 is 0 Å². The molecule has 0 spiro atoms. The minimum absolute atomic E-state index is 0.0917. The average molecular weight is 312 g/mol. The van der Waals surface area contributed by atoms with Crippen molar-refractivity contribution in [1.82, 2.24) is 9.80 Å². The van der Waals surface area contributed by atoms with Crippen molar-refractivity contribution in [3.8, 4) is 0 Å². The largest absolute Gasteiger partial charge is 0.336 e. The zero-order chi connectivity index (χ0) is 13.1. The maximum atomic E-state index is 12.3. The van der Waals surface area contributed by atoms with Crippen molar-refractivity contribution in [1.29, 1.82) is 0 Å². The lowest BCUT2D eigenvalue weighted by atomic mass is 10.1. The Morgan fingerprint density at radius 1 is 1.39 bits per heavy atom. The highest BCUT2D eigenvalue weighted by Gasteiger charge is 2.26. The van der Waals surface area contributed by atoms with Crippen molar-refractivity contribution in [2.75, 3.05) is 33.2 Å². The average Bonchev–Trinajstić information content (AvgIpc) is 2.39. The van der Waals surface area contributed by atoms with Gasteiger partial charge in [0.15, 0.2) is 0 Å². The normalized spacial score (nSPS) is 21.1. The van der Waals surface area contributed by atoms with Crippen LogP contribution < -0.4 is 5.73 Å². The predicted molar refractivity (Wildman–Crippen MR) is 75.5 cm³/mol. The Balaban J connectivity index is 2.07. The standard InChI is InChI=1S/C13H18BrN3O/c1-16-6-7-17(9-12(16)8-15)13(18)10-2-4-11(14)5-3-10/h2-5,12H,6-9,15H2,1H3. The zero-order valence-corrected chi connectivity index (χ0v) is 12.1. The van der Waals surface area contributed by atoms with Crippen LogP contribution >= 0.6 is 15.9 Å². The van der Waals surface area contributed by atoms with E-state index in [1.807, 2.05) is 29.2 Å². The van der Waals surface area contributed by atoms with Gasteiger partial charge in [0.2, 0.25) is 0 Å². The molecule has 1 aromatic carbocycles. The molecule has 1 heterocycles. The fourth-order valence-corrected chi connectivity index (χ4v) is 2.42. The fraction of sp³-hybridized carbons (Fsp3) is 0.462. The van der Waals surface area contributed by atoms with E-state index in [2.05, 4.69) is 27.9 Å². The van der Waals surface area contributed by atoms with E-state index in [1.54, 1.807) is 0 Å². The van der Waals surface area contributed by atoms with Crippen molar-refractivity contribution in [3.05, 3.63) is 34.3 Å². The minimum Gasteiger partial charge on any atom is -0.336 e. The van der Waals surface area contributed by atoms with Crippen molar-refractivity contribution in [3.63, 3.8) is 0 Å². The molecule has 2 rings (SSSR count). The SMILES string of the molecule is CN1CCN(C(=O)c2ccc(Br)cc2)CC1CN. The second-order valence-electron chi connectivity index (χ2n) is 4.63. The highest BCUT2D eigenvalue weighted by molar-refractivity contribution is 9.10. The van der Waals surface area contributed by atoms with Crippen LogP contribution in [0.4, 0.5) is 0 Å². The van der Waals surface area contributed by atoms with Crippen LogP contribution in [0, 0.1) is 0 Å². The van der Waals surface area contributed by atoms with Crippen LogP contribution in [-0.4, -0.2) is 55.0 Å². The number of carbonyl (C=O) groups is 1. The first-order chi connectivity index (χ1) is 8.61. The molecule has 1 atom stereocenters. The molecular weight excluding hydrogens is 294 g/mol. The first-order valence-electron chi connectivity index (χ1n) is 6.07. The van der Waals surface area contributed by atoms with Gasteiger partial charge in [-0.3, -0.25) is 9.69 Å². The summed E-state index contributed by atoms with van der Waals surface area (Å²) < 4.78 is 0.984. The van der Waals surface area contributed by atoms with Crippen LogP contribution in [0.1, 0.15) is 10.4 Å². The lowest BCUT2D eigenvalue weighted by Crippen LogP contribution is -2.55. The summed E-state index contributed by atoms with van der Waals surface area (Å²) in [5.74, 6) is 0.0917. The molecule has 0 aliphatic carbocycles. The molecule has 0 aromatic heterocycles. The number of benzene rings is 1. The highest BCUT2D eigenvalue weighted by atomic mass is 79.9. The van der Waals surface area contributed by atoms with Gasteiger partial charge in [0.1, 0.15) is 0 Å². The number of halogens is 1. The molecule has 1 fully saturated rings. The Bertz CT molecular complexity index is 421. The molecule has 1 saturated heterocycles. The number of carbonyl (C=O) groups excluding carboxylic acids is 1. The second-order valence-corrected chi connectivity index (χ2v) is 5.54. The van der Waals surface area contributed by atoms with Crippen LogP contribution in [0.15, 0.2) is 28.7 Å². The van der Waals surface area contributed by atoms with Gasteiger partial charge in [-0.1, -0.05) is 15.9 Å². The molecule has 1 aliphatic rings. The summed E-state index contributed by atoms with van der Waals surface area (Å²) in [6.07, 6.45) is 0. The number of hydrogen-bond acceptors (Lipinski definition) is 3. The first kappa shape index (κ1) is 13.5. The summed E-state index contributed by atoms with van der Waals surface area (Å²) in [6, 6.07) is 7.75. The quantitative estimate of drug-likeness (QED) is 0.892. The Morgan fingerprint density at radius 2 is 2.06 bits per heavy atom. The smallest absolute Gasteiger partial charge is 0.253 e. The third-order valence-electron chi connectivity index (χ3n) is 3.43. The van der Waals surface area contributed by atoms with Gasteiger partial charge in [0.05, 0.1) is 0 Å². The molecular formula is C13H18BrN3O. The predicted octanol–water partition coefficient (Wildman–Crippen LogP) is 1.16. The number of nitrogens with two attached hydrogens (primary N) is 1. The molecule has 2 N–H and O–H groups in total.